The molecule has 0 aliphatic rings. The highest BCUT2D eigenvalue weighted by Gasteiger charge is 2.33. The maximum Gasteiger partial charge on any atom is 0.230 e. The molecule has 0 bridgehead atoms. The molecule has 2 nitrogen and oxygen atoms in total. The van der Waals surface area contributed by atoms with E-state index in [2.05, 4.69) is 31.3 Å². The standard InChI is InChI=1S/C20H24ClNO/c1-19(2,14-15-8-6-5-7-9-15)22-18(23)20(3,4)16-10-12-17(21)13-11-16/h5-13H,14H2,1-4H3,(H,22,23). The Balaban J connectivity index is 2.11. The number of hydrogen-bond donors (Lipinski definition) is 1. The highest BCUT2D eigenvalue weighted by atomic mass is 35.5. The number of carbonyl (C=O) groups is 1. The van der Waals surface area contributed by atoms with Gasteiger partial charge in [0, 0.05) is 10.6 Å². The lowest BCUT2D eigenvalue weighted by atomic mass is 9.82. The molecule has 1 N–H and O–H groups in total. The van der Waals surface area contributed by atoms with E-state index in [1.807, 2.05) is 56.3 Å². The Bertz CT molecular complexity index is 660. The van der Waals surface area contributed by atoms with E-state index in [-0.39, 0.29) is 11.4 Å². The van der Waals surface area contributed by atoms with Crippen molar-refractivity contribution in [3.63, 3.8) is 0 Å². The van der Waals surface area contributed by atoms with Crippen LogP contribution in [0, 0.1) is 0 Å². The van der Waals surface area contributed by atoms with Crippen molar-refractivity contribution in [3.05, 3.63) is 70.7 Å². The Labute approximate surface area is 143 Å². The van der Waals surface area contributed by atoms with Crippen LogP contribution in [0.4, 0.5) is 0 Å². The fourth-order valence-corrected chi connectivity index (χ4v) is 2.74. The summed E-state index contributed by atoms with van der Waals surface area (Å²) >= 11 is 5.94. The van der Waals surface area contributed by atoms with Gasteiger partial charge < -0.3 is 5.32 Å². The number of hydrogen-bond acceptors (Lipinski definition) is 1. The van der Waals surface area contributed by atoms with Crippen LogP contribution in [0.3, 0.4) is 0 Å². The molecule has 2 aromatic rings. The van der Waals surface area contributed by atoms with E-state index in [1.54, 1.807) is 0 Å². The van der Waals surface area contributed by atoms with E-state index >= 15 is 0 Å². The summed E-state index contributed by atoms with van der Waals surface area (Å²) in [6.07, 6.45) is 0.788. The minimum Gasteiger partial charge on any atom is -0.350 e. The number of nitrogens with one attached hydrogen (secondary N) is 1. The average molecular weight is 330 g/mol. The van der Waals surface area contributed by atoms with Gasteiger partial charge in [-0.05, 0) is 57.4 Å². The Hall–Kier alpha value is -1.80. The molecule has 122 valence electrons. The lowest BCUT2D eigenvalue weighted by Gasteiger charge is -2.32. The summed E-state index contributed by atoms with van der Waals surface area (Å²) in [7, 11) is 0. The summed E-state index contributed by atoms with van der Waals surface area (Å²) in [5.41, 5.74) is 1.23. The topological polar surface area (TPSA) is 29.1 Å². The van der Waals surface area contributed by atoms with E-state index in [4.69, 9.17) is 11.6 Å². The van der Waals surface area contributed by atoms with E-state index in [9.17, 15) is 4.79 Å². The lowest BCUT2D eigenvalue weighted by molar-refractivity contribution is -0.127. The lowest BCUT2D eigenvalue weighted by Crippen LogP contribution is -2.51. The molecule has 3 heteroatoms. The summed E-state index contributed by atoms with van der Waals surface area (Å²) in [4.78, 5) is 12.8. The van der Waals surface area contributed by atoms with E-state index in [0.717, 1.165) is 12.0 Å². The van der Waals surface area contributed by atoms with Crippen molar-refractivity contribution in [1.29, 1.82) is 0 Å². The number of halogens is 1. The zero-order valence-electron chi connectivity index (χ0n) is 14.2. The predicted molar refractivity (Wildman–Crippen MR) is 96.8 cm³/mol. The summed E-state index contributed by atoms with van der Waals surface area (Å²) in [6, 6.07) is 17.7. The Morgan fingerprint density at radius 3 is 2.09 bits per heavy atom. The SMILES string of the molecule is CC(C)(Cc1ccccc1)NC(=O)C(C)(C)c1ccc(Cl)cc1. The first-order valence-corrected chi connectivity index (χ1v) is 8.21. The quantitative estimate of drug-likeness (QED) is 0.842. The number of carbonyl (C=O) groups excluding carboxylic acids is 1. The molecule has 0 spiro atoms. The molecule has 0 atom stereocenters. The smallest absolute Gasteiger partial charge is 0.230 e. The second-order valence-electron chi connectivity index (χ2n) is 7.13. The van der Waals surface area contributed by atoms with Crippen LogP contribution in [0.2, 0.25) is 5.02 Å². The summed E-state index contributed by atoms with van der Waals surface area (Å²) < 4.78 is 0. The van der Waals surface area contributed by atoms with E-state index in [1.165, 1.54) is 5.56 Å². The van der Waals surface area contributed by atoms with Gasteiger partial charge in [-0.3, -0.25) is 4.79 Å². The van der Waals surface area contributed by atoms with Crippen LogP contribution in [0.1, 0.15) is 38.8 Å². The van der Waals surface area contributed by atoms with Gasteiger partial charge in [-0.15, -0.1) is 0 Å². The zero-order chi connectivity index (χ0) is 17.1. The van der Waals surface area contributed by atoms with Gasteiger partial charge >= 0.3 is 0 Å². The molecule has 2 rings (SSSR count). The highest BCUT2D eigenvalue weighted by molar-refractivity contribution is 6.30. The molecule has 0 unspecified atom stereocenters. The maximum atomic E-state index is 12.8. The average Bonchev–Trinajstić information content (AvgIpc) is 2.47. The molecule has 0 heterocycles. The third-order valence-corrected chi connectivity index (χ3v) is 4.33. The predicted octanol–water partition coefficient (Wildman–Crippen LogP) is 4.76. The first kappa shape index (κ1) is 17.6. The van der Waals surface area contributed by atoms with Crippen molar-refractivity contribution in [2.75, 3.05) is 0 Å². The van der Waals surface area contributed by atoms with Crippen molar-refractivity contribution in [2.24, 2.45) is 0 Å². The molecule has 0 saturated heterocycles. The van der Waals surface area contributed by atoms with E-state index in [0.29, 0.717) is 5.02 Å². The third kappa shape index (κ3) is 4.59. The maximum absolute atomic E-state index is 12.8. The second kappa shape index (κ2) is 6.76. The van der Waals surface area contributed by atoms with Gasteiger partial charge in [-0.2, -0.15) is 0 Å². The van der Waals surface area contributed by atoms with Gasteiger partial charge in [0.2, 0.25) is 5.91 Å². The Kier molecular flexibility index (Phi) is 5.16. The summed E-state index contributed by atoms with van der Waals surface area (Å²) in [6.45, 7) is 7.97. The summed E-state index contributed by atoms with van der Waals surface area (Å²) in [5, 5.41) is 3.86. The van der Waals surface area contributed by atoms with Gasteiger partial charge in [0.05, 0.1) is 5.41 Å². The van der Waals surface area contributed by atoms with Crippen molar-refractivity contribution in [3.8, 4) is 0 Å². The third-order valence-electron chi connectivity index (χ3n) is 4.07. The van der Waals surface area contributed by atoms with Crippen LogP contribution >= 0.6 is 11.6 Å². The molecule has 0 aromatic heterocycles. The molecule has 0 radical (unpaired) electrons. The van der Waals surface area contributed by atoms with Crippen LogP contribution in [-0.2, 0) is 16.6 Å². The van der Waals surface area contributed by atoms with Crippen LogP contribution in [0.25, 0.3) is 0 Å². The first-order chi connectivity index (χ1) is 10.7. The van der Waals surface area contributed by atoms with Crippen molar-refractivity contribution in [2.45, 2.75) is 45.1 Å². The van der Waals surface area contributed by atoms with Crippen molar-refractivity contribution in [1.82, 2.24) is 5.32 Å². The van der Waals surface area contributed by atoms with E-state index < -0.39 is 5.41 Å². The zero-order valence-corrected chi connectivity index (χ0v) is 14.9. The number of rotatable bonds is 5. The van der Waals surface area contributed by atoms with Crippen LogP contribution in [-0.4, -0.2) is 11.4 Å². The Morgan fingerprint density at radius 2 is 1.52 bits per heavy atom. The van der Waals surface area contributed by atoms with Crippen molar-refractivity contribution < 1.29 is 4.79 Å². The minimum atomic E-state index is -0.613. The molecule has 23 heavy (non-hydrogen) atoms. The molecule has 0 aliphatic heterocycles. The number of amides is 1. The fourth-order valence-electron chi connectivity index (χ4n) is 2.61. The monoisotopic (exact) mass is 329 g/mol. The van der Waals surface area contributed by atoms with Crippen LogP contribution < -0.4 is 5.32 Å². The molecule has 2 aromatic carbocycles. The van der Waals surface area contributed by atoms with Crippen LogP contribution in [0.5, 0.6) is 0 Å². The van der Waals surface area contributed by atoms with Crippen molar-refractivity contribution >= 4 is 17.5 Å². The first-order valence-electron chi connectivity index (χ1n) is 7.83. The molecule has 0 aliphatic carbocycles. The normalized spacial score (nSPS) is 12.0. The van der Waals surface area contributed by atoms with Gasteiger partial charge in [0.25, 0.3) is 0 Å². The molecule has 0 fully saturated rings. The van der Waals surface area contributed by atoms with Gasteiger partial charge in [0.15, 0.2) is 0 Å². The highest BCUT2D eigenvalue weighted by Crippen LogP contribution is 2.26. The van der Waals surface area contributed by atoms with Crippen LogP contribution in [0.15, 0.2) is 54.6 Å². The van der Waals surface area contributed by atoms with Gasteiger partial charge in [0.1, 0.15) is 0 Å². The van der Waals surface area contributed by atoms with Gasteiger partial charge in [-0.25, -0.2) is 0 Å². The molecule has 0 saturated carbocycles. The minimum absolute atomic E-state index is 0.0146. The fraction of sp³-hybridized carbons (Fsp3) is 0.350. The second-order valence-corrected chi connectivity index (χ2v) is 7.57. The largest absolute Gasteiger partial charge is 0.350 e. The molecular formula is C20H24ClNO. The number of benzene rings is 2. The molecule has 1 amide bonds. The Morgan fingerprint density at radius 1 is 0.957 bits per heavy atom. The summed E-state index contributed by atoms with van der Waals surface area (Å²) in [5.74, 6) is 0.0146. The van der Waals surface area contributed by atoms with Gasteiger partial charge in [-0.1, -0.05) is 54.1 Å². The molecular weight excluding hydrogens is 306 g/mol.